The Bertz CT molecular complexity index is 554. The molecule has 7 heteroatoms. The minimum atomic E-state index is -0.851. The van der Waals surface area contributed by atoms with E-state index in [9.17, 15) is 4.79 Å². The lowest BCUT2D eigenvalue weighted by atomic mass is 10.5. The van der Waals surface area contributed by atoms with Gasteiger partial charge in [-0.05, 0) is 19.1 Å². The Morgan fingerprint density at radius 3 is 2.94 bits per heavy atom. The van der Waals surface area contributed by atoms with Gasteiger partial charge in [-0.25, -0.2) is 0 Å². The van der Waals surface area contributed by atoms with Crippen molar-refractivity contribution in [1.82, 2.24) is 19.8 Å². The maximum atomic E-state index is 10.8. The number of carboxylic acids is 1. The van der Waals surface area contributed by atoms with Gasteiger partial charge in [0.1, 0.15) is 10.3 Å². The van der Waals surface area contributed by atoms with Gasteiger partial charge in [0.25, 0.3) is 0 Å². The number of fused-ring (bicyclic) bond motifs is 1. The lowest BCUT2D eigenvalue weighted by Crippen LogP contribution is -2.12. The average Bonchev–Trinajstić information content (AvgIpc) is 2.71. The number of thioether (sulfide) groups is 1. The molecule has 2 heterocycles. The predicted molar refractivity (Wildman–Crippen MR) is 63.1 cm³/mol. The molecular weight excluding hydrogens is 240 g/mol. The van der Waals surface area contributed by atoms with E-state index in [1.165, 1.54) is 11.8 Å². The fourth-order valence-corrected chi connectivity index (χ4v) is 2.07. The van der Waals surface area contributed by atoms with Crippen LogP contribution < -0.4 is 0 Å². The van der Waals surface area contributed by atoms with E-state index in [-0.39, 0.29) is 0 Å². The molecule has 0 aliphatic rings. The summed E-state index contributed by atoms with van der Waals surface area (Å²) in [5.41, 5.74) is 0.675. The van der Waals surface area contributed by atoms with E-state index in [0.29, 0.717) is 10.7 Å². The summed E-state index contributed by atoms with van der Waals surface area (Å²) in [7, 11) is 0. The monoisotopic (exact) mass is 252 g/mol. The standard InChI is InChI=1S/C10H12N4O2S/c1-3-7-11-12-8-4-5-9(13-14(7)8)17-6(2)10(15)16/h4-6H,3H2,1-2H3,(H,15,16). The van der Waals surface area contributed by atoms with E-state index >= 15 is 0 Å². The van der Waals surface area contributed by atoms with Gasteiger partial charge in [-0.3, -0.25) is 4.79 Å². The lowest BCUT2D eigenvalue weighted by molar-refractivity contribution is -0.136. The van der Waals surface area contributed by atoms with Crippen LogP contribution in [0.2, 0.25) is 0 Å². The largest absolute Gasteiger partial charge is 0.480 e. The van der Waals surface area contributed by atoms with Crippen LogP contribution in [0.15, 0.2) is 17.2 Å². The van der Waals surface area contributed by atoms with E-state index in [0.717, 1.165) is 12.2 Å². The smallest absolute Gasteiger partial charge is 0.316 e. The van der Waals surface area contributed by atoms with Crippen molar-refractivity contribution in [2.75, 3.05) is 0 Å². The molecule has 90 valence electrons. The molecule has 0 spiro atoms. The van der Waals surface area contributed by atoms with Crippen LogP contribution in [0.25, 0.3) is 5.65 Å². The molecule has 0 aromatic carbocycles. The van der Waals surface area contributed by atoms with Crippen molar-refractivity contribution in [3.8, 4) is 0 Å². The Hall–Kier alpha value is -1.63. The Balaban J connectivity index is 2.33. The van der Waals surface area contributed by atoms with Gasteiger partial charge in [0.05, 0.1) is 0 Å². The van der Waals surface area contributed by atoms with Crippen LogP contribution in [0.4, 0.5) is 0 Å². The molecule has 0 aliphatic carbocycles. The first-order valence-corrected chi connectivity index (χ1v) is 6.10. The van der Waals surface area contributed by atoms with Crippen LogP contribution in [0.1, 0.15) is 19.7 Å². The molecule has 6 nitrogen and oxygen atoms in total. The quantitative estimate of drug-likeness (QED) is 0.825. The SMILES string of the molecule is CCc1nnc2ccc(SC(C)C(=O)O)nn12. The third kappa shape index (κ3) is 2.38. The first-order chi connectivity index (χ1) is 8.11. The number of hydrogen-bond acceptors (Lipinski definition) is 5. The Morgan fingerprint density at radius 1 is 1.53 bits per heavy atom. The first-order valence-electron chi connectivity index (χ1n) is 5.22. The molecule has 2 rings (SSSR count). The Kier molecular flexibility index (Phi) is 3.28. The second-order valence-corrected chi connectivity index (χ2v) is 4.87. The van der Waals surface area contributed by atoms with E-state index in [1.807, 2.05) is 6.92 Å². The molecule has 1 atom stereocenters. The highest BCUT2D eigenvalue weighted by Crippen LogP contribution is 2.21. The lowest BCUT2D eigenvalue weighted by Gasteiger charge is -2.05. The molecule has 1 N–H and O–H groups in total. The summed E-state index contributed by atoms with van der Waals surface area (Å²) in [4.78, 5) is 10.8. The topological polar surface area (TPSA) is 80.4 Å². The highest BCUT2D eigenvalue weighted by molar-refractivity contribution is 8.00. The molecule has 0 fully saturated rings. The van der Waals surface area contributed by atoms with Crippen molar-refractivity contribution in [2.45, 2.75) is 30.5 Å². The van der Waals surface area contributed by atoms with Gasteiger partial charge in [-0.2, -0.15) is 9.61 Å². The summed E-state index contributed by atoms with van der Waals surface area (Å²) >= 11 is 1.20. The summed E-state index contributed by atoms with van der Waals surface area (Å²) in [6.07, 6.45) is 0.733. The number of aryl methyl sites for hydroxylation is 1. The van der Waals surface area contributed by atoms with Crippen LogP contribution in [-0.4, -0.2) is 36.1 Å². The fraction of sp³-hybridized carbons (Fsp3) is 0.400. The number of carbonyl (C=O) groups is 1. The zero-order chi connectivity index (χ0) is 12.4. The normalized spacial score (nSPS) is 12.8. The highest BCUT2D eigenvalue weighted by atomic mass is 32.2. The van der Waals surface area contributed by atoms with E-state index in [2.05, 4.69) is 15.3 Å². The summed E-state index contributed by atoms with van der Waals surface area (Å²) in [6.45, 7) is 3.60. The van der Waals surface area contributed by atoms with E-state index in [4.69, 9.17) is 5.11 Å². The molecule has 0 saturated carbocycles. The van der Waals surface area contributed by atoms with Crippen molar-refractivity contribution >= 4 is 23.4 Å². The minimum Gasteiger partial charge on any atom is -0.480 e. The van der Waals surface area contributed by atoms with Gasteiger partial charge < -0.3 is 5.11 Å². The number of hydrogen-bond donors (Lipinski definition) is 1. The molecule has 1 unspecified atom stereocenters. The van der Waals surface area contributed by atoms with Gasteiger partial charge in [-0.1, -0.05) is 18.7 Å². The number of aliphatic carboxylic acids is 1. The van der Waals surface area contributed by atoms with Gasteiger partial charge in [0, 0.05) is 6.42 Å². The second kappa shape index (κ2) is 4.70. The molecule has 0 saturated heterocycles. The van der Waals surface area contributed by atoms with Crippen molar-refractivity contribution in [3.63, 3.8) is 0 Å². The Morgan fingerprint density at radius 2 is 2.29 bits per heavy atom. The van der Waals surface area contributed by atoms with Crippen LogP contribution in [0.5, 0.6) is 0 Å². The van der Waals surface area contributed by atoms with Crippen LogP contribution >= 0.6 is 11.8 Å². The molecule has 0 amide bonds. The van der Waals surface area contributed by atoms with Crippen molar-refractivity contribution in [1.29, 1.82) is 0 Å². The van der Waals surface area contributed by atoms with Gasteiger partial charge >= 0.3 is 5.97 Å². The minimum absolute atomic E-state index is 0.526. The van der Waals surface area contributed by atoms with E-state index < -0.39 is 11.2 Å². The fourth-order valence-electron chi connectivity index (χ4n) is 1.33. The first kappa shape index (κ1) is 11.8. The molecule has 2 aromatic rings. The molecule has 0 aliphatic heterocycles. The molecule has 0 radical (unpaired) electrons. The van der Waals surface area contributed by atoms with Crippen LogP contribution in [0, 0.1) is 0 Å². The van der Waals surface area contributed by atoms with Gasteiger partial charge in [0.15, 0.2) is 11.5 Å². The second-order valence-electron chi connectivity index (χ2n) is 3.51. The molecule has 17 heavy (non-hydrogen) atoms. The van der Waals surface area contributed by atoms with Crippen molar-refractivity contribution in [3.05, 3.63) is 18.0 Å². The number of carboxylic acid groups (broad SMARTS) is 1. The predicted octanol–water partition coefficient (Wildman–Crippen LogP) is 1.25. The third-order valence-electron chi connectivity index (χ3n) is 2.26. The van der Waals surface area contributed by atoms with E-state index in [1.54, 1.807) is 23.6 Å². The zero-order valence-electron chi connectivity index (χ0n) is 9.49. The molecule has 2 aromatic heterocycles. The van der Waals surface area contributed by atoms with Crippen LogP contribution in [-0.2, 0) is 11.2 Å². The average molecular weight is 252 g/mol. The summed E-state index contributed by atoms with van der Waals surface area (Å²) in [5, 5.41) is 21.2. The highest BCUT2D eigenvalue weighted by Gasteiger charge is 2.14. The van der Waals surface area contributed by atoms with Gasteiger partial charge in [-0.15, -0.1) is 10.2 Å². The summed E-state index contributed by atoms with van der Waals surface area (Å²) in [5.74, 6) is -0.0817. The van der Waals surface area contributed by atoms with Gasteiger partial charge in [0.2, 0.25) is 0 Å². The van der Waals surface area contributed by atoms with Crippen molar-refractivity contribution in [2.24, 2.45) is 0 Å². The number of nitrogens with zero attached hydrogens (tertiary/aromatic N) is 4. The third-order valence-corrected chi connectivity index (χ3v) is 3.28. The Labute approximate surface area is 102 Å². The number of aromatic nitrogens is 4. The zero-order valence-corrected chi connectivity index (χ0v) is 10.3. The van der Waals surface area contributed by atoms with Crippen LogP contribution in [0.3, 0.4) is 0 Å². The summed E-state index contributed by atoms with van der Waals surface area (Å²) in [6, 6.07) is 3.55. The van der Waals surface area contributed by atoms with Crippen molar-refractivity contribution < 1.29 is 9.90 Å². The number of rotatable bonds is 4. The summed E-state index contributed by atoms with van der Waals surface area (Å²) < 4.78 is 1.65. The molecule has 0 bridgehead atoms. The molecular formula is C10H12N4O2S. The maximum absolute atomic E-state index is 10.8. The maximum Gasteiger partial charge on any atom is 0.316 e.